The van der Waals surface area contributed by atoms with Gasteiger partial charge in [-0.05, 0) is 118 Å². The van der Waals surface area contributed by atoms with Crippen LogP contribution >= 0.6 is 0 Å². The molecule has 0 radical (unpaired) electrons. The van der Waals surface area contributed by atoms with Gasteiger partial charge in [0.1, 0.15) is 18.1 Å². The predicted molar refractivity (Wildman–Crippen MR) is 203 cm³/mol. The fourth-order valence-corrected chi connectivity index (χ4v) is 5.65. The van der Waals surface area contributed by atoms with Crippen LogP contribution in [0.5, 0.6) is 11.5 Å². The fraction of sp³-hybridized carbons (Fsp3) is 0.0476. The molecule has 7 rings (SSSR count). The number of phenolic OH excluding ortho intramolecular Hbond substituents is 2. The number of carbonyl (C=O) groups is 2. The van der Waals surface area contributed by atoms with Crippen molar-refractivity contribution in [2.24, 2.45) is 0 Å². The van der Waals surface area contributed by atoms with Crippen LogP contribution in [0.1, 0.15) is 31.8 Å². The average molecular weight is 691 g/mol. The molecule has 0 saturated carbocycles. The van der Waals surface area contributed by atoms with Gasteiger partial charge in [-0.25, -0.2) is 0 Å². The van der Waals surface area contributed by atoms with E-state index in [2.05, 4.69) is 21.6 Å². The molecule has 7 aromatic carbocycles. The van der Waals surface area contributed by atoms with Gasteiger partial charge in [0.05, 0.1) is 23.5 Å². The molecule has 10 heteroatoms. The third-order valence-electron chi connectivity index (χ3n) is 8.36. The van der Waals surface area contributed by atoms with Crippen LogP contribution in [0.25, 0.3) is 21.5 Å². The van der Waals surface area contributed by atoms with Crippen LogP contribution in [0.15, 0.2) is 146 Å². The molecule has 6 N–H and O–H groups in total. The highest BCUT2D eigenvalue weighted by Crippen LogP contribution is 2.29. The van der Waals surface area contributed by atoms with Crippen molar-refractivity contribution in [1.29, 1.82) is 0 Å². The molecule has 0 spiro atoms. The molecule has 0 unspecified atom stereocenters. The van der Waals surface area contributed by atoms with Gasteiger partial charge in [0, 0.05) is 22.5 Å². The zero-order valence-corrected chi connectivity index (χ0v) is 27.8. The van der Waals surface area contributed by atoms with Crippen molar-refractivity contribution in [3.05, 3.63) is 168 Å². The average Bonchev–Trinajstić information content (AvgIpc) is 3.16. The Balaban J connectivity index is 0.939. The Bertz CT molecular complexity index is 2370. The van der Waals surface area contributed by atoms with E-state index in [9.17, 15) is 19.8 Å². The summed E-state index contributed by atoms with van der Waals surface area (Å²) in [5.41, 5.74) is 10.6. The number of aromatic hydroxyl groups is 2. The summed E-state index contributed by atoms with van der Waals surface area (Å²) in [6.45, 7) is 0.464. The maximum Gasteiger partial charge on any atom is 0.259 e. The highest BCUT2D eigenvalue weighted by atomic mass is 16.6. The first-order valence-corrected chi connectivity index (χ1v) is 16.5. The first kappa shape index (κ1) is 33.6. The van der Waals surface area contributed by atoms with Crippen LogP contribution in [0.4, 0.5) is 22.7 Å². The normalized spacial score (nSPS) is 10.9. The number of hydrogen-bond acceptors (Lipinski definition) is 8. The summed E-state index contributed by atoms with van der Waals surface area (Å²) in [6, 6.07) is 43.2. The summed E-state index contributed by atoms with van der Waals surface area (Å²) in [4.78, 5) is 37.3. The number of rotatable bonds is 12. The second kappa shape index (κ2) is 15.3. The lowest BCUT2D eigenvalue weighted by Gasteiger charge is -2.12. The van der Waals surface area contributed by atoms with Crippen molar-refractivity contribution >= 4 is 56.1 Å². The van der Waals surface area contributed by atoms with Gasteiger partial charge >= 0.3 is 0 Å². The Hall–Kier alpha value is -6.88. The molecule has 0 saturated heterocycles. The Labute approximate surface area is 299 Å². The predicted octanol–water partition coefficient (Wildman–Crippen LogP) is 9.00. The lowest BCUT2D eigenvalue weighted by atomic mass is 10.0. The SMILES string of the molecule is O=C(Nc1ccc(NOCc2cc3cc(CONc4ccccc4)ccc3cc2O)cc1)c1ccc2cc(O)c(C(=O)Nc3ccccc3)cc2c1. The highest BCUT2D eigenvalue weighted by molar-refractivity contribution is 6.10. The summed E-state index contributed by atoms with van der Waals surface area (Å²) >= 11 is 0. The first-order valence-electron chi connectivity index (χ1n) is 16.5. The lowest BCUT2D eigenvalue weighted by Crippen LogP contribution is -2.13. The maximum atomic E-state index is 13.1. The Morgan fingerprint density at radius 3 is 1.77 bits per heavy atom. The lowest BCUT2D eigenvalue weighted by molar-refractivity contribution is 0.101. The van der Waals surface area contributed by atoms with Gasteiger partial charge in [0.2, 0.25) is 0 Å². The number of amides is 2. The molecule has 0 aromatic heterocycles. The summed E-state index contributed by atoms with van der Waals surface area (Å²) in [5.74, 6) is -0.826. The Morgan fingerprint density at radius 1 is 0.481 bits per heavy atom. The molecule has 0 aliphatic heterocycles. The number of anilines is 4. The Morgan fingerprint density at radius 2 is 1.04 bits per heavy atom. The molecular weight excluding hydrogens is 656 g/mol. The number of hydrogen-bond donors (Lipinski definition) is 6. The smallest absolute Gasteiger partial charge is 0.259 e. The number of nitrogens with one attached hydrogen (secondary N) is 4. The van der Waals surface area contributed by atoms with E-state index in [1.165, 1.54) is 6.07 Å². The van der Waals surface area contributed by atoms with Crippen LogP contribution in [-0.2, 0) is 22.9 Å². The molecule has 0 fully saturated rings. The second-order valence-corrected chi connectivity index (χ2v) is 12.1. The van der Waals surface area contributed by atoms with Crippen LogP contribution in [0.2, 0.25) is 0 Å². The summed E-state index contributed by atoms with van der Waals surface area (Å²) in [6.07, 6.45) is 0. The van der Waals surface area contributed by atoms with Gasteiger partial charge < -0.3 is 20.8 Å². The van der Waals surface area contributed by atoms with Gasteiger partial charge in [-0.15, -0.1) is 0 Å². The molecule has 7 aromatic rings. The molecule has 52 heavy (non-hydrogen) atoms. The molecular formula is C42H34N4O6. The van der Waals surface area contributed by atoms with E-state index in [1.807, 2.05) is 60.7 Å². The third kappa shape index (κ3) is 8.11. The van der Waals surface area contributed by atoms with Crippen molar-refractivity contribution < 1.29 is 29.5 Å². The van der Waals surface area contributed by atoms with E-state index in [1.54, 1.807) is 78.9 Å². The molecule has 258 valence electrons. The zero-order valence-electron chi connectivity index (χ0n) is 27.8. The summed E-state index contributed by atoms with van der Waals surface area (Å²) in [5, 5.41) is 29.9. The highest BCUT2D eigenvalue weighted by Gasteiger charge is 2.15. The second-order valence-electron chi connectivity index (χ2n) is 12.1. The summed E-state index contributed by atoms with van der Waals surface area (Å²) in [7, 11) is 0. The van der Waals surface area contributed by atoms with E-state index in [0.29, 0.717) is 45.6 Å². The van der Waals surface area contributed by atoms with E-state index >= 15 is 0 Å². The van der Waals surface area contributed by atoms with Gasteiger partial charge in [-0.3, -0.25) is 30.2 Å². The number of carbonyl (C=O) groups excluding carboxylic acids is 2. The largest absolute Gasteiger partial charge is 0.508 e. The minimum atomic E-state index is -0.458. The van der Waals surface area contributed by atoms with Crippen molar-refractivity contribution in [3.63, 3.8) is 0 Å². The van der Waals surface area contributed by atoms with Crippen molar-refractivity contribution in [2.75, 3.05) is 21.6 Å². The molecule has 0 bridgehead atoms. The van der Waals surface area contributed by atoms with E-state index in [0.717, 1.165) is 22.0 Å². The number of benzene rings is 7. The van der Waals surface area contributed by atoms with Gasteiger partial charge in [0.25, 0.3) is 11.8 Å². The number of para-hydroxylation sites is 2. The van der Waals surface area contributed by atoms with Crippen molar-refractivity contribution in [3.8, 4) is 11.5 Å². The molecule has 0 heterocycles. The minimum Gasteiger partial charge on any atom is -0.508 e. The van der Waals surface area contributed by atoms with E-state index < -0.39 is 5.91 Å². The molecule has 10 nitrogen and oxygen atoms in total. The Kier molecular flexibility index (Phi) is 9.92. The fourth-order valence-electron chi connectivity index (χ4n) is 5.65. The maximum absolute atomic E-state index is 13.1. The molecule has 0 atom stereocenters. The van der Waals surface area contributed by atoms with E-state index in [4.69, 9.17) is 9.68 Å². The topological polar surface area (TPSA) is 141 Å². The van der Waals surface area contributed by atoms with Crippen molar-refractivity contribution in [2.45, 2.75) is 13.2 Å². The first-order chi connectivity index (χ1) is 25.4. The van der Waals surface area contributed by atoms with Crippen LogP contribution in [0, 0.1) is 0 Å². The quantitative estimate of drug-likeness (QED) is 0.0698. The van der Waals surface area contributed by atoms with Gasteiger partial charge in [-0.2, -0.15) is 0 Å². The van der Waals surface area contributed by atoms with Crippen LogP contribution in [0.3, 0.4) is 0 Å². The standard InChI is InChI=1S/C42H34N4O6/c47-39-23-28-12-11-27(25-51-45-36-9-5-2-6-10-36)19-31(28)21-33(39)26-52-46-37-17-15-35(16-18-37)43-41(49)30-14-13-29-24-40(48)38(22-32(29)20-30)42(50)44-34-7-3-1-4-8-34/h1-24,45-48H,25-26H2,(H,43,49)(H,44,50). The minimum absolute atomic E-state index is 0.0993. The van der Waals surface area contributed by atoms with Gasteiger partial charge in [0.15, 0.2) is 0 Å². The molecule has 2 amide bonds. The van der Waals surface area contributed by atoms with E-state index in [-0.39, 0.29) is 29.6 Å². The number of fused-ring (bicyclic) bond motifs is 2. The molecule has 0 aliphatic rings. The van der Waals surface area contributed by atoms with Crippen LogP contribution < -0.4 is 21.6 Å². The number of phenols is 2. The van der Waals surface area contributed by atoms with Gasteiger partial charge in [-0.1, -0.05) is 54.6 Å². The van der Waals surface area contributed by atoms with Crippen molar-refractivity contribution in [1.82, 2.24) is 0 Å². The molecule has 0 aliphatic carbocycles. The summed E-state index contributed by atoms with van der Waals surface area (Å²) < 4.78 is 0. The zero-order chi connectivity index (χ0) is 35.9. The van der Waals surface area contributed by atoms with Crippen LogP contribution in [-0.4, -0.2) is 22.0 Å². The monoisotopic (exact) mass is 690 g/mol. The third-order valence-corrected chi connectivity index (χ3v) is 8.36.